The van der Waals surface area contributed by atoms with E-state index in [9.17, 15) is 0 Å². The number of rotatable bonds is 3. The van der Waals surface area contributed by atoms with Gasteiger partial charge < -0.3 is 0 Å². The molecule has 1 aromatic heterocycles. The van der Waals surface area contributed by atoms with Gasteiger partial charge in [-0.3, -0.25) is 0 Å². The van der Waals surface area contributed by atoms with E-state index in [1.807, 2.05) is 0 Å². The van der Waals surface area contributed by atoms with Crippen LogP contribution in [0.4, 0.5) is 0 Å². The lowest BCUT2D eigenvalue weighted by molar-refractivity contribution is 1.06. The monoisotopic (exact) mass is 354 g/mol. The van der Waals surface area contributed by atoms with Gasteiger partial charge in [-0.2, -0.15) is 0 Å². The summed E-state index contributed by atoms with van der Waals surface area (Å²) >= 11 is 8.11. The molecular weight excluding hydrogens is 336 g/mol. The molecule has 2 aromatic carbocycles. The highest BCUT2D eigenvalue weighted by atomic mass is 35.5. The van der Waals surface area contributed by atoms with Gasteiger partial charge in [0.2, 0.25) is 0 Å². The Kier molecular flexibility index (Phi) is 3.71. The first-order valence-electron chi connectivity index (χ1n) is 8.13. The van der Waals surface area contributed by atoms with Crippen molar-refractivity contribution in [2.24, 2.45) is 0 Å². The minimum Gasteiger partial charge on any atom is -0.132 e. The van der Waals surface area contributed by atoms with Crippen LogP contribution >= 0.6 is 22.9 Å². The lowest BCUT2D eigenvalue weighted by atomic mass is 10.0. The maximum absolute atomic E-state index is 6.33. The van der Waals surface area contributed by atoms with Gasteiger partial charge in [0.05, 0.1) is 4.34 Å². The summed E-state index contributed by atoms with van der Waals surface area (Å²) < 4.78 is 2.41. The predicted molar refractivity (Wildman–Crippen MR) is 106 cm³/mol. The highest BCUT2D eigenvalue weighted by molar-refractivity contribution is 7.35. The van der Waals surface area contributed by atoms with Crippen LogP contribution in [0.3, 0.4) is 0 Å². The van der Waals surface area contributed by atoms with Crippen LogP contribution in [0.5, 0.6) is 0 Å². The van der Waals surface area contributed by atoms with Crippen molar-refractivity contribution in [1.29, 1.82) is 0 Å². The summed E-state index contributed by atoms with van der Waals surface area (Å²) in [5.74, 6) is 0. The molecule has 0 unspecified atom stereocenters. The molecular formula is C20H19ClSSi. The van der Waals surface area contributed by atoms with Crippen LogP contribution in [0, 0.1) is 6.92 Å². The fourth-order valence-electron chi connectivity index (χ4n) is 4.06. The van der Waals surface area contributed by atoms with E-state index in [1.54, 1.807) is 21.7 Å². The summed E-state index contributed by atoms with van der Waals surface area (Å²) in [4.78, 5) is 0. The fraction of sp³-hybridized carbons (Fsp3) is 0.200. The maximum Gasteiger partial charge on any atom is 0.161 e. The zero-order valence-corrected chi connectivity index (χ0v) is 16.0. The van der Waals surface area contributed by atoms with Crippen molar-refractivity contribution in [2.45, 2.75) is 26.3 Å². The van der Waals surface area contributed by atoms with E-state index in [1.165, 1.54) is 33.7 Å². The minimum absolute atomic E-state index is 0.904. The van der Waals surface area contributed by atoms with Gasteiger partial charge in [0.15, 0.2) is 8.07 Å². The Morgan fingerprint density at radius 2 is 1.74 bits per heavy atom. The van der Waals surface area contributed by atoms with Crippen molar-refractivity contribution >= 4 is 45.9 Å². The van der Waals surface area contributed by atoms with E-state index in [4.69, 9.17) is 11.6 Å². The molecule has 0 bridgehead atoms. The molecule has 1 aliphatic heterocycles. The smallest absolute Gasteiger partial charge is 0.132 e. The van der Waals surface area contributed by atoms with Gasteiger partial charge in [-0.15, -0.1) is 11.3 Å². The second-order valence-corrected chi connectivity index (χ2v) is 12.4. The van der Waals surface area contributed by atoms with Gasteiger partial charge in [0.25, 0.3) is 0 Å². The molecule has 0 nitrogen and oxygen atoms in total. The lowest BCUT2D eigenvalue weighted by Crippen LogP contribution is -2.63. The van der Waals surface area contributed by atoms with Crippen LogP contribution in [0.2, 0.25) is 10.4 Å². The Morgan fingerprint density at radius 3 is 2.48 bits per heavy atom. The molecule has 0 N–H and O–H groups in total. The summed E-state index contributed by atoms with van der Waals surface area (Å²) in [6.45, 7) is 4.51. The molecule has 3 heteroatoms. The van der Waals surface area contributed by atoms with Crippen LogP contribution in [-0.2, 0) is 0 Å². The number of benzene rings is 2. The number of aryl methyl sites for hydroxylation is 1. The third-order valence-corrected chi connectivity index (χ3v) is 12.3. The zero-order valence-electron chi connectivity index (χ0n) is 13.4. The lowest BCUT2D eigenvalue weighted by Gasteiger charge is -2.28. The minimum atomic E-state index is -1.93. The van der Waals surface area contributed by atoms with E-state index in [0.717, 1.165) is 4.34 Å². The second kappa shape index (κ2) is 5.62. The summed E-state index contributed by atoms with van der Waals surface area (Å²) in [5, 5.41) is 3.15. The first-order valence-corrected chi connectivity index (χ1v) is 11.5. The van der Waals surface area contributed by atoms with Crippen LogP contribution < -0.4 is 14.9 Å². The van der Waals surface area contributed by atoms with Crippen molar-refractivity contribution < 1.29 is 0 Å². The molecule has 1 aliphatic rings. The average molecular weight is 355 g/mol. The molecule has 4 rings (SSSR count). The highest BCUT2D eigenvalue weighted by Crippen LogP contribution is 2.33. The molecule has 0 saturated carbocycles. The summed E-state index contributed by atoms with van der Waals surface area (Å²) in [5.41, 5.74) is 4.23. The summed E-state index contributed by atoms with van der Waals surface area (Å²) in [6, 6.07) is 21.6. The molecule has 0 spiro atoms. The Labute approximate surface area is 147 Å². The molecule has 0 radical (unpaired) electrons. The highest BCUT2D eigenvalue weighted by Gasteiger charge is 2.47. The molecule has 3 aromatic rings. The SMILES string of the molecule is CCC[Si@]1(c2ccc(Cl)s2)c2ccccc2-c2ccc(C)cc21. The van der Waals surface area contributed by atoms with Gasteiger partial charge in [-0.05, 0) is 40.5 Å². The van der Waals surface area contributed by atoms with Crippen LogP contribution in [-0.4, -0.2) is 8.07 Å². The molecule has 0 amide bonds. The average Bonchev–Trinajstić information content (AvgIpc) is 3.09. The normalized spacial score (nSPS) is 18.7. The first kappa shape index (κ1) is 15.2. The van der Waals surface area contributed by atoms with Crippen molar-refractivity contribution in [3.05, 3.63) is 64.5 Å². The molecule has 0 saturated heterocycles. The van der Waals surface area contributed by atoms with Gasteiger partial charge >= 0.3 is 0 Å². The van der Waals surface area contributed by atoms with Crippen LogP contribution in [0.15, 0.2) is 54.6 Å². The van der Waals surface area contributed by atoms with Gasteiger partial charge in [0, 0.05) is 4.50 Å². The van der Waals surface area contributed by atoms with E-state index < -0.39 is 8.07 Å². The maximum atomic E-state index is 6.33. The quantitative estimate of drug-likeness (QED) is 0.604. The van der Waals surface area contributed by atoms with Gasteiger partial charge in [-0.25, -0.2) is 0 Å². The van der Waals surface area contributed by atoms with Crippen LogP contribution in [0.1, 0.15) is 18.9 Å². The second-order valence-electron chi connectivity index (χ2n) is 6.35. The molecule has 0 aliphatic carbocycles. The zero-order chi connectivity index (χ0) is 16.0. The summed E-state index contributed by atoms with van der Waals surface area (Å²) in [6.07, 6.45) is 1.20. The summed E-state index contributed by atoms with van der Waals surface area (Å²) in [7, 11) is -1.93. The van der Waals surface area contributed by atoms with E-state index >= 15 is 0 Å². The number of hydrogen-bond acceptors (Lipinski definition) is 1. The topological polar surface area (TPSA) is 0 Å². The molecule has 23 heavy (non-hydrogen) atoms. The molecule has 1 atom stereocenters. The van der Waals surface area contributed by atoms with Crippen molar-refractivity contribution in [3.63, 3.8) is 0 Å². The third-order valence-electron chi connectivity index (χ3n) is 4.93. The first-order chi connectivity index (χ1) is 11.2. The predicted octanol–water partition coefficient (Wildman–Crippen LogP) is 4.57. The molecule has 2 heterocycles. The number of fused-ring (bicyclic) bond motifs is 3. The van der Waals surface area contributed by atoms with Crippen molar-refractivity contribution in [3.8, 4) is 11.1 Å². The van der Waals surface area contributed by atoms with E-state index in [0.29, 0.717) is 0 Å². The largest absolute Gasteiger partial charge is 0.161 e. The van der Waals surface area contributed by atoms with Crippen LogP contribution in [0.25, 0.3) is 11.1 Å². The van der Waals surface area contributed by atoms with Gasteiger partial charge in [-0.1, -0.05) is 79.0 Å². The Bertz CT molecular complexity index is 883. The Hall–Kier alpha value is -1.35. The number of halogens is 1. The Balaban J connectivity index is 2.11. The van der Waals surface area contributed by atoms with E-state index in [2.05, 4.69) is 68.4 Å². The Morgan fingerprint density at radius 1 is 0.957 bits per heavy atom. The third kappa shape index (κ3) is 2.16. The number of hydrogen-bond donors (Lipinski definition) is 0. The fourth-order valence-corrected chi connectivity index (χ4v) is 12.0. The van der Waals surface area contributed by atoms with Crippen molar-refractivity contribution in [2.75, 3.05) is 0 Å². The van der Waals surface area contributed by atoms with E-state index in [-0.39, 0.29) is 0 Å². The standard InChI is InChI=1S/C20H19ClSSi/c1-3-12-23(20-11-10-19(21)22-20)17-7-5-4-6-15(17)16-9-8-14(2)13-18(16)23/h4-11,13H,3,12H2,1-2H3/t23-/m0/s1. The van der Waals surface area contributed by atoms with Gasteiger partial charge in [0.1, 0.15) is 0 Å². The molecule has 0 fully saturated rings. The molecule has 116 valence electrons. The number of thiophene rings is 1. The van der Waals surface area contributed by atoms with Crippen molar-refractivity contribution in [1.82, 2.24) is 0 Å².